The maximum atomic E-state index is 12.4. The molecule has 1 aliphatic rings. The van der Waals surface area contributed by atoms with Crippen LogP contribution in [0.25, 0.3) is 17.1 Å². The van der Waals surface area contributed by atoms with Gasteiger partial charge >= 0.3 is 5.97 Å². The van der Waals surface area contributed by atoms with Gasteiger partial charge in [0.05, 0.1) is 37.4 Å². The number of anilines is 1. The zero-order chi connectivity index (χ0) is 37.8. The Kier molecular flexibility index (Phi) is 11.1. The predicted molar refractivity (Wildman–Crippen MR) is 204 cm³/mol. The van der Waals surface area contributed by atoms with E-state index in [1.807, 2.05) is 30.8 Å². The van der Waals surface area contributed by atoms with E-state index in [2.05, 4.69) is 76.6 Å². The van der Waals surface area contributed by atoms with E-state index in [0.29, 0.717) is 24.2 Å². The summed E-state index contributed by atoms with van der Waals surface area (Å²) >= 11 is 0. The van der Waals surface area contributed by atoms with Gasteiger partial charge in [0.15, 0.2) is 36.4 Å². The largest absolute Gasteiger partial charge is 0.462 e. The van der Waals surface area contributed by atoms with Gasteiger partial charge in [-0.1, -0.05) is 48.5 Å². The van der Waals surface area contributed by atoms with Crippen molar-refractivity contribution in [3.63, 3.8) is 0 Å². The lowest BCUT2D eigenvalue weighted by molar-refractivity contribution is -0.0353. The third kappa shape index (κ3) is 8.10. The maximum Gasteiger partial charge on any atom is 0.341 e. The molecule has 1 unspecified atom stereocenters. The van der Waals surface area contributed by atoms with Crippen LogP contribution in [0.15, 0.2) is 18.7 Å². The Morgan fingerprint density at radius 2 is 1.54 bits per heavy atom. The average molecular weight is 748 g/mol. The molecule has 0 radical (unpaired) electrons. The van der Waals surface area contributed by atoms with Crippen LogP contribution >= 0.6 is 0 Å². The summed E-state index contributed by atoms with van der Waals surface area (Å²) in [6.07, 6.45) is 5.19. The third-order valence-electron chi connectivity index (χ3n) is 11.9. The first-order valence-corrected chi connectivity index (χ1v) is 26.5. The van der Waals surface area contributed by atoms with Crippen LogP contribution in [0, 0.1) is 11.8 Å². The normalized spacial score (nSPS) is 21.3. The molecule has 0 aliphatic carbocycles. The van der Waals surface area contributed by atoms with Gasteiger partial charge in [-0.3, -0.25) is 4.57 Å². The smallest absolute Gasteiger partial charge is 0.341 e. The molecule has 13 nitrogen and oxygen atoms in total. The van der Waals surface area contributed by atoms with Gasteiger partial charge in [0.1, 0.15) is 11.7 Å². The van der Waals surface area contributed by atoms with Crippen molar-refractivity contribution in [1.82, 2.24) is 29.3 Å². The molecule has 1 aliphatic heterocycles. The van der Waals surface area contributed by atoms with Crippen LogP contribution in [0.4, 0.5) is 5.82 Å². The minimum atomic E-state index is -2.66. The fraction of sp³-hybridized carbons (Fsp3) is 0.735. The molecule has 4 rings (SSSR count). The van der Waals surface area contributed by atoms with Crippen molar-refractivity contribution >= 4 is 47.9 Å². The summed E-state index contributed by atoms with van der Waals surface area (Å²) in [5.41, 5.74) is 7.63. The minimum absolute atomic E-state index is 0.0105. The molecular formula is C34H61N7O6Si3. The van der Waals surface area contributed by atoms with Crippen LogP contribution in [0.3, 0.4) is 0 Å². The van der Waals surface area contributed by atoms with Crippen molar-refractivity contribution in [3.8, 4) is 5.95 Å². The molecule has 280 valence electrons. The Bertz CT molecular complexity index is 1670. The van der Waals surface area contributed by atoms with Gasteiger partial charge in [0.25, 0.3) is 5.95 Å². The second-order valence-electron chi connectivity index (χ2n) is 17.9. The van der Waals surface area contributed by atoms with Crippen LogP contribution in [0.1, 0.15) is 84.8 Å². The summed E-state index contributed by atoms with van der Waals surface area (Å²) in [5.74, 6) is -0.255. The van der Waals surface area contributed by atoms with Gasteiger partial charge in [-0.15, -0.1) is 0 Å². The Morgan fingerprint density at radius 3 is 2.08 bits per heavy atom. The van der Waals surface area contributed by atoms with Crippen molar-refractivity contribution in [2.24, 2.45) is 11.8 Å². The molecule has 0 bridgehead atoms. The average Bonchev–Trinajstić information content (AvgIpc) is 3.68. The molecule has 16 heteroatoms. The number of hydrogen-bond acceptors (Lipinski definition) is 11. The second-order valence-corrected chi connectivity index (χ2v) is 31.6. The highest BCUT2D eigenvalue weighted by Crippen LogP contribution is 2.56. The number of hydrogen-bond donors (Lipinski definition) is 3. The summed E-state index contributed by atoms with van der Waals surface area (Å²) in [7, 11) is -7.42. The molecular weight excluding hydrogens is 687 g/mol. The minimum Gasteiger partial charge on any atom is -0.462 e. The van der Waals surface area contributed by atoms with Crippen molar-refractivity contribution < 1.29 is 28.3 Å². The number of aromatic nitrogens is 6. The van der Waals surface area contributed by atoms with E-state index in [1.165, 1.54) is 17.1 Å². The maximum absolute atomic E-state index is 12.4. The highest BCUT2D eigenvalue weighted by Gasteiger charge is 2.54. The number of fused-ring (bicyclic) bond motifs is 1. The summed E-state index contributed by atoms with van der Waals surface area (Å²) < 4.78 is 22.4. The van der Waals surface area contributed by atoms with Gasteiger partial charge in [-0.25, -0.2) is 14.5 Å². The van der Waals surface area contributed by atoms with Crippen LogP contribution in [-0.2, 0) is 13.9 Å². The van der Waals surface area contributed by atoms with Crippen LogP contribution in [0.2, 0.25) is 54.4 Å². The SMILES string of the molecule is CCOC(=O)c1cnn(-c2nc(N)c3ncn(C4O[C@H](CO[Si](C)(C)C(C)(C)C)[C@@H](CC(C)(C)[Si](C)(C)O)[C@H]4CC(C)(C)[Si](C)(C)O)c3n2)c1. The number of nitrogens with zero attached hydrogens (tertiary/aromatic N) is 6. The number of nitrogen functional groups attached to an aromatic ring is 1. The first kappa shape index (κ1) is 40.3. The summed E-state index contributed by atoms with van der Waals surface area (Å²) in [6.45, 7) is 30.1. The number of nitrogens with two attached hydrogens (primary N) is 1. The lowest BCUT2D eigenvalue weighted by atomic mass is 9.78. The molecule has 1 fully saturated rings. The fourth-order valence-electron chi connectivity index (χ4n) is 5.99. The first-order valence-electron chi connectivity index (χ1n) is 17.7. The van der Waals surface area contributed by atoms with Gasteiger partial charge in [0, 0.05) is 12.1 Å². The second kappa shape index (κ2) is 13.8. The molecule has 4 heterocycles. The zero-order valence-electron chi connectivity index (χ0n) is 32.7. The quantitative estimate of drug-likeness (QED) is 0.126. The highest BCUT2D eigenvalue weighted by atomic mass is 28.4. The summed E-state index contributed by atoms with van der Waals surface area (Å²) in [6, 6.07) is 0. The lowest BCUT2D eigenvalue weighted by Gasteiger charge is -2.43. The summed E-state index contributed by atoms with van der Waals surface area (Å²) in [5, 5.41) is 3.61. The van der Waals surface area contributed by atoms with Crippen molar-refractivity contribution in [2.45, 2.75) is 135 Å². The van der Waals surface area contributed by atoms with Gasteiger partial charge in [-0.2, -0.15) is 15.1 Å². The number of ether oxygens (including phenoxy) is 2. The number of carbonyl (C=O) groups excluding carboxylic acids is 1. The van der Waals surface area contributed by atoms with Crippen molar-refractivity contribution in [3.05, 3.63) is 24.3 Å². The van der Waals surface area contributed by atoms with Crippen LogP contribution in [0.5, 0.6) is 0 Å². The highest BCUT2D eigenvalue weighted by molar-refractivity contribution is 6.74. The lowest BCUT2D eigenvalue weighted by Crippen LogP contribution is -2.46. The standard InChI is InChI=1S/C34H61N7O6Si3/c1-15-45-30(42)22-18-37-41(19-22)31-38-27(35)26-28(39-31)40(21-36-26)29-24(17-34(7,8)49(11,12)44)23(16-33(5,6)48(9,10)43)25(47-29)20-46-50(13,14)32(2,3)4/h18-19,21,23-25,29,43-44H,15-17,20H2,1-14H3,(H2,35,38,39)/t23-,24+,25+,29?/m0/s1. The fourth-order valence-corrected chi connectivity index (χ4v) is 8.47. The van der Waals surface area contributed by atoms with E-state index in [-0.39, 0.29) is 57.0 Å². The van der Waals surface area contributed by atoms with Gasteiger partial charge < -0.3 is 29.2 Å². The molecule has 3 aromatic rings. The van der Waals surface area contributed by atoms with Crippen LogP contribution < -0.4 is 5.73 Å². The predicted octanol–water partition coefficient (Wildman–Crippen LogP) is 6.66. The van der Waals surface area contributed by atoms with E-state index >= 15 is 0 Å². The number of imidazole rings is 1. The molecule has 3 aromatic heterocycles. The molecule has 0 amide bonds. The Balaban J connectivity index is 1.87. The molecule has 4 N–H and O–H groups in total. The molecule has 4 atom stereocenters. The summed E-state index contributed by atoms with van der Waals surface area (Å²) in [4.78, 5) is 49.4. The topological polar surface area (TPSA) is 173 Å². The van der Waals surface area contributed by atoms with Crippen molar-refractivity contribution in [2.75, 3.05) is 18.9 Å². The number of rotatable bonds is 13. The van der Waals surface area contributed by atoms with Crippen molar-refractivity contribution in [1.29, 1.82) is 0 Å². The third-order valence-corrected chi connectivity index (χ3v) is 23.5. The molecule has 0 spiro atoms. The molecule has 0 aromatic carbocycles. The molecule has 0 saturated carbocycles. The van der Waals surface area contributed by atoms with Gasteiger partial charge in [0.2, 0.25) is 0 Å². The van der Waals surface area contributed by atoms with E-state index in [9.17, 15) is 14.4 Å². The van der Waals surface area contributed by atoms with Crippen LogP contribution in [-0.4, -0.2) is 89.1 Å². The van der Waals surface area contributed by atoms with Gasteiger partial charge in [-0.05, 0) is 80.1 Å². The molecule has 50 heavy (non-hydrogen) atoms. The Hall–Kier alpha value is -2.48. The van der Waals surface area contributed by atoms with E-state index in [0.717, 1.165) is 6.42 Å². The number of carbonyl (C=O) groups is 1. The first-order chi connectivity index (χ1) is 22.7. The number of esters is 1. The zero-order valence-corrected chi connectivity index (χ0v) is 35.7. The van der Waals surface area contributed by atoms with E-state index in [4.69, 9.17) is 24.6 Å². The van der Waals surface area contributed by atoms with E-state index < -0.39 is 37.1 Å². The Morgan fingerprint density at radius 1 is 0.960 bits per heavy atom. The monoisotopic (exact) mass is 747 g/mol. The van der Waals surface area contributed by atoms with E-state index in [1.54, 1.807) is 13.3 Å². The Labute approximate surface area is 300 Å². The molecule has 1 saturated heterocycles.